The van der Waals surface area contributed by atoms with Gasteiger partial charge < -0.3 is 15.8 Å². The van der Waals surface area contributed by atoms with E-state index in [4.69, 9.17) is 10.5 Å². The molecule has 0 saturated heterocycles. The molecule has 1 rings (SSSR count). The molecule has 0 unspecified atom stereocenters. The van der Waals surface area contributed by atoms with E-state index in [1.807, 2.05) is 6.92 Å². The fourth-order valence-corrected chi connectivity index (χ4v) is 1.58. The quantitative estimate of drug-likeness (QED) is 0.482. The highest BCUT2D eigenvalue weighted by atomic mass is 79.9. The first-order valence-corrected chi connectivity index (χ1v) is 6.00. The Morgan fingerprint density at radius 1 is 1.59 bits per heavy atom. The first-order valence-electron chi connectivity index (χ1n) is 5.21. The summed E-state index contributed by atoms with van der Waals surface area (Å²) in [6, 6.07) is 2.89. The van der Waals surface area contributed by atoms with Crippen molar-refractivity contribution in [3.8, 4) is 0 Å². The fourth-order valence-electron chi connectivity index (χ4n) is 1.22. The highest BCUT2D eigenvalue weighted by Crippen LogP contribution is 2.26. The van der Waals surface area contributed by atoms with Crippen LogP contribution in [-0.2, 0) is 4.74 Å². The second-order valence-corrected chi connectivity index (χ2v) is 4.64. The molecule has 94 valence electrons. The minimum absolute atomic E-state index is 0.343. The van der Waals surface area contributed by atoms with Gasteiger partial charge in [-0.15, -0.1) is 0 Å². The van der Waals surface area contributed by atoms with Crippen molar-refractivity contribution in [2.75, 3.05) is 30.8 Å². The van der Waals surface area contributed by atoms with E-state index in [-0.39, 0.29) is 5.82 Å². The van der Waals surface area contributed by atoms with Crippen LogP contribution in [0.4, 0.5) is 15.8 Å². The molecule has 0 aliphatic heterocycles. The Morgan fingerprint density at radius 3 is 2.94 bits per heavy atom. The largest absolute Gasteiger partial charge is 0.397 e. The molecule has 0 aliphatic rings. The van der Waals surface area contributed by atoms with Gasteiger partial charge in [-0.1, -0.05) is 12.2 Å². The number of nitrogen functional groups attached to an aromatic ring is 1. The Balaban J connectivity index is 2.41. The van der Waals surface area contributed by atoms with Gasteiger partial charge in [-0.25, -0.2) is 4.39 Å². The molecule has 3 nitrogen and oxygen atoms in total. The van der Waals surface area contributed by atoms with E-state index in [0.717, 1.165) is 5.57 Å². The summed E-state index contributed by atoms with van der Waals surface area (Å²) >= 11 is 3.07. The zero-order valence-corrected chi connectivity index (χ0v) is 11.3. The fraction of sp³-hybridized carbons (Fsp3) is 0.333. The lowest BCUT2D eigenvalue weighted by molar-refractivity contribution is 0.167. The standard InChI is InChI=1S/C12H16BrFN2O/c1-8(2)7-17-4-3-16-12-6-10(14)9(13)5-11(12)15/h5-6,16H,1,3-4,7,15H2,2H3. The lowest BCUT2D eigenvalue weighted by Crippen LogP contribution is -2.11. The number of hydrogen-bond donors (Lipinski definition) is 2. The molecule has 0 aliphatic carbocycles. The van der Waals surface area contributed by atoms with Gasteiger partial charge in [0.1, 0.15) is 5.82 Å². The van der Waals surface area contributed by atoms with Gasteiger partial charge in [-0.05, 0) is 28.9 Å². The molecule has 0 heterocycles. The molecule has 0 amide bonds. The number of halogens is 2. The maximum absolute atomic E-state index is 13.3. The number of benzene rings is 1. The minimum atomic E-state index is -0.343. The molecule has 0 saturated carbocycles. The van der Waals surface area contributed by atoms with Crippen LogP contribution in [0.15, 0.2) is 28.8 Å². The van der Waals surface area contributed by atoms with E-state index >= 15 is 0 Å². The molecule has 0 atom stereocenters. The van der Waals surface area contributed by atoms with Crippen molar-refractivity contribution in [2.24, 2.45) is 0 Å². The summed E-state index contributed by atoms with van der Waals surface area (Å²) in [5.41, 5.74) is 7.78. The highest BCUT2D eigenvalue weighted by molar-refractivity contribution is 9.10. The van der Waals surface area contributed by atoms with Gasteiger partial charge in [-0.2, -0.15) is 0 Å². The minimum Gasteiger partial charge on any atom is -0.397 e. The van der Waals surface area contributed by atoms with Crippen molar-refractivity contribution in [2.45, 2.75) is 6.92 Å². The van der Waals surface area contributed by atoms with Crippen molar-refractivity contribution in [3.05, 3.63) is 34.6 Å². The van der Waals surface area contributed by atoms with E-state index in [0.29, 0.717) is 35.6 Å². The second-order valence-electron chi connectivity index (χ2n) is 3.79. The molecule has 1 aromatic carbocycles. The van der Waals surface area contributed by atoms with Crippen molar-refractivity contribution >= 4 is 27.3 Å². The van der Waals surface area contributed by atoms with Gasteiger partial charge in [0.15, 0.2) is 0 Å². The lowest BCUT2D eigenvalue weighted by atomic mass is 10.2. The monoisotopic (exact) mass is 302 g/mol. The van der Waals surface area contributed by atoms with Crippen LogP contribution in [-0.4, -0.2) is 19.8 Å². The van der Waals surface area contributed by atoms with Gasteiger partial charge in [0.25, 0.3) is 0 Å². The Hall–Kier alpha value is -1.07. The summed E-state index contributed by atoms with van der Waals surface area (Å²) in [5, 5.41) is 3.01. The second kappa shape index (κ2) is 6.61. The predicted molar refractivity (Wildman–Crippen MR) is 72.6 cm³/mol. The predicted octanol–water partition coefficient (Wildman–Crippen LogP) is 3.18. The number of hydrogen-bond acceptors (Lipinski definition) is 3. The Morgan fingerprint density at radius 2 is 2.29 bits per heavy atom. The molecule has 1 aromatic rings. The summed E-state index contributed by atoms with van der Waals surface area (Å²) in [5.74, 6) is -0.343. The average molecular weight is 303 g/mol. The molecule has 5 heteroatoms. The van der Waals surface area contributed by atoms with Gasteiger partial charge in [0, 0.05) is 12.6 Å². The molecule has 0 fully saturated rings. The number of ether oxygens (including phenoxy) is 1. The maximum Gasteiger partial charge on any atom is 0.139 e. The third-order valence-electron chi connectivity index (χ3n) is 2.00. The zero-order valence-electron chi connectivity index (χ0n) is 9.72. The van der Waals surface area contributed by atoms with Crippen molar-refractivity contribution < 1.29 is 9.13 Å². The van der Waals surface area contributed by atoms with E-state index < -0.39 is 0 Å². The van der Waals surface area contributed by atoms with Gasteiger partial charge >= 0.3 is 0 Å². The van der Waals surface area contributed by atoms with Gasteiger partial charge in [0.05, 0.1) is 29.1 Å². The van der Waals surface area contributed by atoms with Crippen molar-refractivity contribution in [1.82, 2.24) is 0 Å². The van der Waals surface area contributed by atoms with Crippen LogP contribution >= 0.6 is 15.9 Å². The highest BCUT2D eigenvalue weighted by Gasteiger charge is 2.05. The van der Waals surface area contributed by atoms with Gasteiger partial charge in [-0.3, -0.25) is 0 Å². The van der Waals surface area contributed by atoms with Crippen LogP contribution in [0, 0.1) is 5.82 Å². The molecular formula is C12H16BrFN2O. The molecule has 0 bridgehead atoms. The first-order chi connectivity index (χ1) is 8.00. The van der Waals surface area contributed by atoms with Crippen molar-refractivity contribution in [1.29, 1.82) is 0 Å². The summed E-state index contributed by atoms with van der Waals surface area (Å²) in [4.78, 5) is 0. The average Bonchev–Trinajstić information content (AvgIpc) is 2.24. The van der Waals surface area contributed by atoms with Crippen LogP contribution in [0.3, 0.4) is 0 Å². The topological polar surface area (TPSA) is 47.3 Å². The Kier molecular flexibility index (Phi) is 5.44. The number of rotatable bonds is 6. The molecule has 17 heavy (non-hydrogen) atoms. The smallest absolute Gasteiger partial charge is 0.139 e. The van der Waals surface area contributed by atoms with E-state index in [1.165, 1.54) is 12.1 Å². The first kappa shape index (κ1) is 14.0. The Labute approximate surface area is 109 Å². The zero-order chi connectivity index (χ0) is 12.8. The van der Waals surface area contributed by atoms with Crippen LogP contribution in [0.2, 0.25) is 0 Å². The maximum atomic E-state index is 13.3. The van der Waals surface area contributed by atoms with E-state index in [9.17, 15) is 4.39 Å². The van der Waals surface area contributed by atoms with E-state index in [2.05, 4.69) is 27.8 Å². The normalized spacial score (nSPS) is 10.3. The molecule has 0 radical (unpaired) electrons. The van der Waals surface area contributed by atoms with Crippen LogP contribution < -0.4 is 11.1 Å². The Bertz CT molecular complexity index is 410. The summed E-state index contributed by atoms with van der Waals surface area (Å²) < 4.78 is 18.9. The van der Waals surface area contributed by atoms with Crippen LogP contribution in [0.25, 0.3) is 0 Å². The number of anilines is 2. The molecule has 0 aromatic heterocycles. The summed E-state index contributed by atoms with van der Waals surface area (Å²) in [6.07, 6.45) is 0. The van der Waals surface area contributed by atoms with Gasteiger partial charge in [0.2, 0.25) is 0 Å². The summed E-state index contributed by atoms with van der Waals surface area (Å²) in [6.45, 7) is 7.24. The summed E-state index contributed by atoms with van der Waals surface area (Å²) in [7, 11) is 0. The third kappa shape index (κ3) is 4.75. The third-order valence-corrected chi connectivity index (χ3v) is 2.61. The molecule has 3 N–H and O–H groups in total. The van der Waals surface area contributed by atoms with E-state index in [1.54, 1.807) is 0 Å². The van der Waals surface area contributed by atoms with Crippen molar-refractivity contribution in [3.63, 3.8) is 0 Å². The van der Waals surface area contributed by atoms with Crippen LogP contribution in [0.5, 0.6) is 0 Å². The number of nitrogens with two attached hydrogens (primary N) is 1. The molecule has 0 spiro atoms. The SMILES string of the molecule is C=C(C)COCCNc1cc(F)c(Br)cc1N. The van der Waals surface area contributed by atoms with Crippen LogP contribution in [0.1, 0.15) is 6.92 Å². The number of nitrogens with one attached hydrogen (secondary N) is 1. The molecular weight excluding hydrogens is 287 g/mol. The lowest BCUT2D eigenvalue weighted by Gasteiger charge is -2.10.